The largest absolute Gasteiger partial charge is 0.383 e. The maximum atomic E-state index is 5.87. The minimum Gasteiger partial charge on any atom is -0.383 e. The summed E-state index contributed by atoms with van der Waals surface area (Å²) in [7, 11) is 3.79. The van der Waals surface area contributed by atoms with Gasteiger partial charge in [-0.3, -0.25) is 4.90 Å². The van der Waals surface area contributed by atoms with Crippen LogP contribution in [-0.4, -0.2) is 38.8 Å². The first-order valence-corrected chi connectivity index (χ1v) is 6.54. The van der Waals surface area contributed by atoms with Crippen LogP contribution < -0.4 is 5.73 Å². The average Bonchev–Trinajstić information content (AvgIpc) is 2.32. The second kappa shape index (κ2) is 7.11. The number of benzene rings is 1. The summed E-state index contributed by atoms with van der Waals surface area (Å²) >= 11 is 3.56. The fraction of sp³-hybridized carbons (Fsp3) is 0.538. The van der Waals surface area contributed by atoms with Crippen molar-refractivity contribution in [3.8, 4) is 0 Å². The molecule has 0 radical (unpaired) electrons. The van der Waals surface area contributed by atoms with E-state index >= 15 is 0 Å². The molecular formula is C13H21BrN2O. The molecule has 0 saturated heterocycles. The van der Waals surface area contributed by atoms with Gasteiger partial charge in [0.15, 0.2) is 0 Å². The molecule has 0 aliphatic carbocycles. The second-order valence-corrected chi connectivity index (χ2v) is 5.09. The minimum atomic E-state index is 0.238. The number of nitrogens with two attached hydrogens (primary N) is 1. The van der Waals surface area contributed by atoms with Crippen LogP contribution >= 0.6 is 15.9 Å². The number of methoxy groups -OCH3 is 1. The summed E-state index contributed by atoms with van der Waals surface area (Å²) in [6, 6.07) is 6.64. The van der Waals surface area contributed by atoms with E-state index in [9.17, 15) is 0 Å². The number of aryl methyl sites for hydroxylation is 1. The molecule has 0 bridgehead atoms. The van der Waals surface area contributed by atoms with Gasteiger partial charge in [-0.25, -0.2) is 0 Å². The summed E-state index contributed by atoms with van der Waals surface area (Å²) in [6.07, 6.45) is 0. The Kier molecular flexibility index (Phi) is 6.12. The summed E-state index contributed by atoms with van der Waals surface area (Å²) in [5.41, 5.74) is 8.35. The highest BCUT2D eigenvalue weighted by atomic mass is 79.9. The van der Waals surface area contributed by atoms with Crippen LogP contribution in [0.1, 0.15) is 17.2 Å². The minimum absolute atomic E-state index is 0.238. The lowest BCUT2D eigenvalue weighted by Crippen LogP contribution is -2.32. The summed E-state index contributed by atoms with van der Waals surface area (Å²) in [4.78, 5) is 2.22. The lowest BCUT2D eigenvalue weighted by molar-refractivity contribution is 0.140. The van der Waals surface area contributed by atoms with Crippen molar-refractivity contribution in [2.24, 2.45) is 5.73 Å². The summed E-state index contributed by atoms with van der Waals surface area (Å²) in [6.45, 7) is 4.29. The Balaban J connectivity index is 2.81. The van der Waals surface area contributed by atoms with Gasteiger partial charge in [0.1, 0.15) is 0 Å². The van der Waals surface area contributed by atoms with Gasteiger partial charge < -0.3 is 10.5 Å². The normalized spacial score (nSPS) is 13.1. The smallest absolute Gasteiger partial charge is 0.0589 e. The van der Waals surface area contributed by atoms with Crippen molar-refractivity contribution in [1.82, 2.24) is 4.90 Å². The number of nitrogens with zero attached hydrogens (tertiary/aromatic N) is 1. The van der Waals surface area contributed by atoms with Gasteiger partial charge in [0.25, 0.3) is 0 Å². The maximum Gasteiger partial charge on any atom is 0.0589 e. The number of rotatable bonds is 6. The van der Waals surface area contributed by atoms with Crippen molar-refractivity contribution >= 4 is 15.9 Å². The molecule has 0 aliphatic rings. The molecule has 96 valence electrons. The van der Waals surface area contributed by atoms with E-state index in [0.717, 1.165) is 17.6 Å². The molecule has 17 heavy (non-hydrogen) atoms. The topological polar surface area (TPSA) is 38.5 Å². The fourth-order valence-corrected chi connectivity index (χ4v) is 2.17. The standard InChI is InChI=1S/C13H21BrN2O/c1-10-4-5-11(8-12(10)14)13(9-15)16(2)6-7-17-3/h4-5,8,13H,6-7,9,15H2,1-3H3. The molecule has 0 heterocycles. The zero-order valence-electron chi connectivity index (χ0n) is 10.7. The van der Waals surface area contributed by atoms with Crippen molar-refractivity contribution in [2.75, 3.05) is 33.9 Å². The molecule has 1 aromatic rings. The van der Waals surface area contributed by atoms with Crippen LogP contribution in [0.2, 0.25) is 0 Å². The molecule has 0 aliphatic heterocycles. The van der Waals surface area contributed by atoms with Gasteiger partial charge in [0.2, 0.25) is 0 Å². The molecule has 0 saturated carbocycles. The predicted molar refractivity (Wildman–Crippen MR) is 75.2 cm³/mol. The lowest BCUT2D eigenvalue weighted by Gasteiger charge is -2.27. The first-order valence-electron chi connectivity index (χ1n) is 5.75. The second-order valence-electron chi connectivity index (χ2n) is 4.23. The van der Waals surface area contributed by atoms with E-state index in [0.29, 0.717) is 6.54 Å². The van der Waals surface area contributed by atoms with Crippen LogP contribution in [0.5, 0.6) is 0 Å². The molecule has 1 rings (SSSR count). The zero-order chi connectivity index (χ0) is 12.8. The molecule has 0 amide bonds. The van der Waals surface area contributed by atoms with Crippen LogP contribution in [0.15, 0.2) is 22.7 Å². The van der Waals surface area contributed by atoms with Crippen molar-refractivity contribution in [3.05, 3.63) is 33.8 Å². The summed E-state index contributed by atoms with van der Waals surface area (Å²) in [5.74, 6) is 0. The van der Waals surface area contributed by atoms with Gasteiger partial charge in [0.05, 0.1) is 6.61 Å². The first-order chi connectivity index (χ1) is 8.10. The highest BCUT2D eigenvalue weighted by Crippen LogP contribution is 2.24. The number of hydrogen-bond donors (Lipinski definition) is 1. The van der Waals surface area contributed by atoms with E-state index in [1.54, 1.807) is 7.11 Å². The highest BCUT2D eigenvalue weighted by molar-refractivity contribution is 9.10. The first kappa shape index (κ1) is 14.6. The van der Waals surface area contributed by atoms with Gasteiger partial charge >= 0.3 is 0 Å². The Labute approximate surface area is 112 Å². The summed E-state index contributed by atoms with van der Waals surface area (Å²) < 4.78 is 6.23. The molecule has 0 fully saturated rings. The molecule has 1 atom stereocenters. The van der Waals surface area contributed by atoms with Gasteiger partial charge in [0, 0.05) is 30.7 Å². The predicted octanol–water partition coefficient (Wildman–Crippen LogP) is 2.34. The van der Waals surface area contributed by atoms with Gasteiger partial charge in [-0.2, -0.15) is 0 Å². The fourth-order valence-electron chi connectivity index (χ4n) is 1.78. The Hall–Kier alpha value is -0.420. The van der Waals surface area contributed by atoms with Gasteiger partial charge in [-0.05, 0) is 31.2 Å². The van der Waals surface area contributed by atoms with Gasteiger partial charge in [-0.15, -0.1) is 0 Å². The van der Waals surface area contributed by atoms with E-state index < -0.39 is 0 Å². The molecular weight excluding hydrogens is 280 g/mol. The van der Waals surface area contributed by atoms with E-state index in [-0.39, 0.29) is 6.04 Å². The van der Waals surface area contributed by atoms with E-state index in [1.165, 1.54) is 11.1 Å². The van der Waals surface area contributed by atoms with Crippen LogP contribution in [0.4, 0.5) is 0 Å². The number of halogens is 1. The Bertz CT molecular complexity index is 357. The third kappa shape index (κ3) is 4.07. The highest BCUT2D eigenvalue weighted by Gasteiger charge is 2.15. The number of ether oxygens (including phenoxy) is 1. The van der Waals surface area contributed by atoms with Crippen molar-refractivity contribution in [1.29, 1.82) is 0 Å². The average molecular weight is 301 g/mol. The van der Waals surface area contributed by atoms with Crippen LogP contribution in [0, 0.1) is 6.92 Å². The maximum absolute atomic E-state index is 5.87. The number of likely N-dealkylation sites (N-methyl/N-ethyl adjacent to an activating group) is 1. The molecule has 2 N–H and O–H groups in total. The molecule has 0 spiro atoms. The Morgan fingerprint density at radius 2 is 2.18 bits per heavy atom. The summed E-state index contributed by atoms with van der Waals surface area (Å²) in [5, 5.41) is 0. The Morgan fingerprint density at radius 3 is 2.71 bits per heavy atom. The number of hydrogen-bond acceptors (Lipinski definition) is 3. The van der Waals surface area contributed by atoms with Gasteiger partial charge in [-0.1, -0.05) is 28.1 Å². The molecule has 4 heteroatoms. The van der Waals surface area contributed by atoms with Crippen LogP contribution in [0.25, 0.3) is 0 Å². The molecule has 1 unspecified atom stereocenters. The molecule has 0 aromatic heterocycles. The van der Waals surface area contributed by atoms with Crippen molar-refractivity contribution < 1.29 is 4.74 Å². The monoisotopic (exact) mass is 300 g/mol. The van der Waals surface area contributed by atoms with Crippen LogP contribution in [0.3, 0.4) is 0 Å². The zero-order valence-corrected chi connectivity index (χ0v) is 12.3. The molecule has 1 aromatic carbocycles. The quantitative estimate of drug-likeness (QED) is 0.876. The van der Waals surface area contributed by atoms with Crippen molar-refractivity contribution in [3.63, 3.8) is 0 Å². The van der Waals surface area contributed by atoms with Crippen LogP contribution in [-0.2, 0) is 4.74 Å². The van der Waals surface area contributed by atoms with Crippen molar-refractivity contribution in [2.45, 2.75) is 13.0 Å². The molecule has 3 nitrogen and oxygen atoms in total. The van der Waals surface area contributed by atoms with E-state index in [2.05, 4.69) is 53.0 Å². The SMILES string of the molecule is COCCN(C)C(CN)c1ccc(C)c(Br)c1. The third-order valence-corrected chi connectivity index (χ3v) is 3.84. The lowest BCUT2D eigenvalue weighted by atomic mass is 10.0. The third-order valence-electron chi connectivity index (χ3n) is 2.98. The Morgan fingerprint density at radius 1 is 1.47 bits per heavy atom. The van der Waals surface area contributed by atoms with E-state index in [4.69, 9.17) is 10.5 Å². The van der Waals surface area contributed by atoms with E-state index in [1.807, 2.05) is 0 Å².